The number of benzene rings is 4. The second kappa shape index (κ2) is 11.7. The highest BCUT2D eigenvalue weighted by atomic mass is 16.5. The number of para-hydroxylation sites is 1. The molecule has 0 atom stereocenters. The second-order valence-corrected chi connectivity index (χ2v) is 14.1. The molecule has 4 aromatic carbocycles. The monoisotopic (exact) mass is 633 g/mol. The predicted octanol–water partition coefficient (Wildman–Crippen LogP) is 10.4. The largest absolute Gasteiger partial charge is 0.457 e. The first-order valence-electron chi connectivity index (χ1n) is 16.5. The van der Waals surface area contributed by atoms with Crippen molar-refractivity contribution in [2.75, 3.05) is 19.0 Å². The molecule has 6 nitrogen and oxygen atoms in total. The number of hydrogen-bond acceptors (Lipinski definition) is 4. The summed E-state index contributed by atoms with van der Waals surface area (Å²) in [5, 5.41) is 7.52. The van der Waals surface area contributed by atoms with E-state index in [0.717, 1.165) is 50.7 Å². The van der Waals surface area contributed by atoms with E-state index >= 15 is 0 Å². The second-order valence-electron chi connectivity index (χ2n) is 14.1. The van der Waals surface area contributed by atoms with Gasteiger partial charge in [0.05, 0.1) is 28.1 Å². The van der Waals surface area contributed by atoms with E-state index in [2.05, 4.69) is 150 Å². The Bertz CT molecular complexity index is 2310. The van der Waals surface area contributed by atoms with Crippen LogP contribution in [0, 0.1) is 27.7 Å². The van der Waals surface area contributed by atoms with Gasteiger partial charge >= 0.3 is 0 Å². The van der Waals surface area contributed by atoms with Crippen LogP contribution < -0.4 is 9.64 Å². The molecule has 242 valence electrons. The average molecular weight is 634 g/mol. The average Bonchev–Trinajstić information content (AvgIpc) is 3.55. The zero-order chi connectivity index (χ0) is 33.9. The lowest BCUT2D eigenvalue weighted by molar-refractivity contribution is 0.482. The van der Waals surface area contributed by atoms with Crippen LogP contribution >= 0.6 is 0 Å². The number of aryl methyl sites for hydroxylation is 4. The first-order chi connectivity index (χ1) is 22.9. The molecule has 7 aromatic rings. The highest BCUT2D eigenvalue weighted by Gasteiger charge is 2.29. The topological polar surface area (TPSA) is 48.1 Å². The van der Waals surface area contributed by atoms with Crippen molar-refractivity contribution in [2.45, 2.75) is 53.9 Å². The maximum absolute atomic E-state index is 6.60. The third-order valence-corrected chi connectivity index (χ3v) is 9.13. The number of ether oxygens (including phenoxy) is 1. The quantitative estimate of drug-likeness (QED) is 0.183. The Hall–Kier alpha value is -5.36. The minimum absolute atomic E-state index is 0.172. The number of rotatable bonds is 6. The van der Waals surface area contributed by atoms with Crippen LogP contribution in [0.25, 0.3) is 44.4 Å². The molecule has 0 saturated heterocycles. The smallest absolute Gasteiger partial charge is 0.137 e. The summed E-state index contributed by atoms with van der Waals surface area (Å²) in [5.74, 6) is 2.40. The number of aromatic nitrogens is 4. The van der Waals surface area contributed by atoms with Gasteiger partial charge in [0.1, 0.15) is 17.3 Å². The highest BCUT2D eigenvalue weighted by molar-refractivity contribution is 6.09. The Morgan fingerprint density at radius 2 is 1.40 bits per heavy atom. The van der Waals surface area contributed by atoms with E-state index in [1.54, 1.807) is 0 Å². The van der Waals surface area contributed by atoms with Gasteiger partial charge in [0.2, 0.25) is 0 Å². The molecule has 0 radical (unpaired) electrons. The van der Waals surface area contributed by atoms with E-state index in [1.165, 1.54) is 39.0 Å². The van der Waals surface area contributed by atoms with Gasteiger partial charge in [-0.2, -0.15) is 5.10 Å². The van der Waals surface area contributed by atoms with Crippen LogP contribution in [0.1, 0.15) is 48.8 Å². The Balaban J connectivity index is 1.32. The SMILES string of the molecule is Cc1ccnc(-n2c3ccccc3c3ccc(Oc4cccc(-n5nc(C)c(-c6c(C)cc(N(C)C)cc6C)c5C(C)(C)C)c4)cc32)c1. The third kappa shape index (κ3) is 5.41. The molecule has 3 heterocycles. The molecular weight excluding hydrogens is 590 g/mol. The molecule has 7 rings (SSSR count). The molecule has 0 N–H and O–H groups in total. The van der Waals surface area contributed by atoms with Gasteiger partial charge in [0.25, 0.3) is 0 Å². The summed E-state index contributed by atoms with van der Waals surface area (Å²) < 4.78 is 10.9. The van der Waals surface area contributed by atoms with Gasteiger partial charge in [-0.25, -0.2) is 9.67 Å². The molecule has 48 heavy (non-hydrogen) atoms. The van der Waals surface area contributed by atoms with Gasteiger partial charge in [-0.3, -0.25) is 4.57 Å². The minimum Gasteiger partial charge on any atom is -0.457 e. The van der Waals surface area contributed by atoms with Gasteiger partial charge in [-0.15, -0.1) is 0 Å². The lowest BCUT2D eigenvalue weighted by Crippen LogP contribution is -2.19. The molecule has 0 fully saturated rings. The summed E-state index contributed by atoms with van der Waals surface area (Å²) in [5.41, 5.74) is 12.5. The van der Waals surface area contributed by atoms with Crippen molar-refractivity contribution in [3.8, 4) is 34.1 Å². The van der Waals surface area contributed by atoms with E-state index in [1.807, 2.05) is 24.4 Å². The lowest BCUT2D eigenvalue weighted by Gasteiger charge is -2.25. The van der Waals surface area contributed by atoms with Crippen LogP contribution in [-0.2, 0) is 5.41 Å². The van der Waals surface area contributed by atoms with E-state index in [4.69, 9.17) is 14.8 Å². The maximum Gasteiger partial charge on any atom is 0.137 e. The van der Waals surface area contributed by atoms with Gasteiger partial charge < -0.3 is 9.64 Å². The summed E-state index contributed by atoms with van der Waals surface area (Å²) in [7, 11) is 4.18. The van der Waals surface area contributed by atoms with E-state index in [-0.39, 0.29) is 5.41 Å². The fourth-order valence-electron chi connectivity index (χ4n) is 7.02. The van der Waals surface area contributed by atoms with Crippen molar-refractivity contribution in [1.82, 2.24) is 19.3 Å². The first-order valence-corrected chi connectivity index (χ1v) is 16.5. The van der Waals surface area contributed by atoms with Crippen LogP contribution in [0.3, 0.4) is 0 Å². The molecule has 0 aliphatic carbocycles. The molecule has 0 aliphatic rings. The van der Waals surface area contributed by atoms with Crippen LogP contribution in [0.4, 0.5) is 5.69 Å². The number of nitrogens with zero attached hydrogens (tertiary/aromatic N) is 5. The summed E-state index contributed by atoms with van der Waals surface area (Å²) in [6, 6.07) is 31.7. The maximum atomic E-state index is 6.60. The normalized spacial score (nSPS) is 11.9. The molecule has 0 unspecified atom stereocenters. The van der Waals surface area contributed by atoms with Crippen molar-refractivity contribution in [1.29, 1.82) is 0 Å². The summed E-state index contributed by atoms with van der Waals surface area (Å²) in [6.45, 7) is 15.4. The predicted molar refractivity (Wildman–Crippen MR) is 200 cm³/mol. The fourth-order valence-corrected chi connectivity index (χ4v) is 7.02. The molecule has 0 aliphatic heterocycles. The molecule has 0 spiro atoms. The summed E-state index contributed by atoms with van der Waals surface area (Å²) >= 11 is 0. The molecule has 0 amide bonds. The lowest BCUT2D eigenvalue weighted by atomic mass is 9.83. The Kier molecular flexibility index (Phi) is 7.62. The van der Waals surface area contributed by atoms with Gasteiger partial charge in [0, 0.05) is 59.9 Å². The van der Waals surface area contributed by atoms with Crippen LogP contribution in [0.5, 0.6) is 11.5 Å². The molecule has 3 aromatic heterocycles. The summed E-state index contributed by atoms with van der Waals surface area (Å²) in [4.78, 5) is 6.89. The summed E-state index contributed by atoms with van der Waals surface area (Å²) in [6.07, 6.45) is 1.87. The molecule has 6 heteroatoms. The first kappa shape index (κ1) is 31.3. The van der Waals surface area contributed by atoms with Crippen LogP contribution in [0.2, 0.25) is 0 Å². The standard InChI is InChI=1S/C42H43N5O/c1-26-19-20-43-38(21-26)46-36-16-11-10-15-34(36)35-18-17-33(25-37(35)46)48-32-14-12-13-30(24-32)47-41(42(5,6)7)40(29(4)44-47)39-27(2)22-31(45(8)9)23-28(39)3/h10-25H,1-9H3. The van der Waals surface area contributed by atoms with E-state index < -0.39 is 0 Å². The van der Waals surface area contributed by atoms with Crippen molar-refractivity contribution in [2.24, 2.45) is 0 Å². The number of pyridine rings is 1. The van der Waals surface area contributed by atoms with Crippen molar-refractivity contribution < 1.29 is 4.74 Å². The zero-order valence-electron chi connectivity index (χ0n) is 29.4. The zero-order valence-corrected chi connectivity index (χ0v) is 29.4. The van der Waals surface area contributed by atoms with E-state index in [9.17, 15) is 0 Å². The van der Waals surface area contributed by atoms with Gasteiger partial charge in [-0.1, -0.05) is 45.0 Å². The minimum atomic E-state index is -0.172. The molecule has 0 saturated carbocycles. The van der Waals surface area contributed by atoms with E-state index in [0.29, 0.717) is 0 Å². The number of anilines is 1. The van der Waals surface area contributed by atoms with Gasteiger partial charge in [0.15, 0.2) is 0 Å². The van der Waals surface area contributed by atoms with Gasteiger partial charge in [-0.05, 0) is 105 Å². The Morgan fingerprint density at radius 1 is 0.688 bits per heavy atom. The molecule has 0 bridgehead atoms. The third-order valence-electron chi connectivity index (χ3n) is 9.13. The fraction of sp³-hybridized carbons (Fsp3) is 0.238. The number of hydrogen-bond donors (Lipinski definition) is 0. The Morgan fingerprint density at radius 3 is 2.10 bits per heavy atom. The van der Waals surface area contributed by atoms with Crippen LogP contribution in [0.15, 0.2) is 97.2 Å². The molecular formula is C42H43N5O. The Labute approximate surface area is 283 Å². The van der Waals surface area contributed by atoms with Crippen molar-refractivity contribution >= 4 is 27.5 Å². The van der Waals surface area contributed by atoms with Crippen molar-refractivity contribution in [3.63, 3.8) is 0 Å². The van der Waals surface area contributed by atoms with Crippen molar-refractivity contribution in [3.05, 3.63) is 125 Å². The number of fused-ring (bicyclic) bond motifs is 3. The highest BCUT2D eigenvalue weighted by Crippen LogP contribution is 2.42. The van der Waals surface area contributed by atoms with Crippen LogP contribution in [-0.4, -0.2) is 33.4 Å².